The molecule has 4 heterocycles. The minimum absolute atomic E-state index is 0.159. The summed E-state index contributed by atoms with van der Waals surface area (Å²) in [4.78, 5) is 22.1. The number of carboxylic acid groups (broad SMARTS) is 1. The summed E-state index contributed by atoms with van der Waals surface area (Å²) >= 11 is 0. The summed E-state index contributed by atoms with van der Waals surface area (Å²) in [7, 11) is 0. The lowest BCUT2D eigenvalue weighted by molar-refractivity contribution is -0.00461. The summed E-state index contributed by atoms with van der Waals surface area (Å²) in [5.74, 6) is 0.162. The number of aryl methyl sites for hydroxylation is 2. The standard InChI is InChI=1S/C20H23N3O5/c1-12-3-5-14(7-21-12)28-15-10-26-17-8-23(9-18(17)27-11-15)19-16(20(24)25)6-4-13(2)22-19/h3-7,15,17-18H,8-11H2,1-2H3,(H,24,25)/t17-,18-/m0/s1. The van der Waals surface area contributed by atoms with Gasteiger partial charge in [-0.2, -0.15) is 0 Å². The number of aromatic nitrogens is 2. The molecule has 4 rings (SSSR count). The lowest BCUT2D eigenvalue weighted by atomic mass is 10.2. The maximum Gasteiger partial charge on any atom is 0.339 e. The zero-order valence-electron chi connectivity index (χ0n) is 15.9. The van der Waals surface area contributed by atoms with Crippen LogP contribution in [-0.4, -0.2) is 65.7 Å². The number of hydrogen-bond donors (Lipinski definition) is 1. The topological polar surface area (TPSA) is 94.0 Å². The molecule has 8 heteroatoms. The summed E-state index contributed by atoms with van der Waals surface area (Å²) < 4.78 is 18.0. The van der Waals surface area contributed by atoms with E-state index < -0.39 is 5.97 Å². The Labute approximate surface area is 163 Å². The predicted molar refractivity (Wildman–Crippen MR) is 101 cm³/mol. The first-order chi connectivity index (χ1) is 13.5. The molecule has 0 saturated carbocycles. The normalized spacial score (nSPS) is 22.6. The Morgan fingerprint density at radius 2 is 1.79 bits per heavy atom. The molecule has 2 atom stereocenters. The molecule has 0 spiro atoms. The van der Waals surface area contributed by atoms with E-state index in [0.717, 1.165) is 11.4 Å². The highest BCUT2D eigenvalue weighted by Gasteiger charge is 2.39. The highest BCUT2D eigenvalue weighted by Crippen LogP contribution is 2.28. The number of pyridine rings is 2. The Morgan fingerprint density at radius 1 is 1.11 bits per heavy atom. The average molecular weight is 385 g/mol. The molecule has 0 bridgehead atoms. The van der Waals surface area contributed by atoms with Crippen LogP contribution in [0.25, 0.3) is 0 Å². The van der Waals surface area contributed by atoms with E-state index in [2.05, 4.69) is 9.97 Å². The molecule has 0 amide bonds. The van der Waals surface area contributed by atoms with Gasteiger partial charge in [0.1, 0.15) is 35.4 Å². The highest BCUT2D eigenvalue weighted by molar-refractivity contribution is 5.93. The Bertz CT molecular complexity index is 841. The zero-order chi connectivity index (χ0) is 19.7. The van der Waals surface area contributed by atoms with E-state index >= 15 is 0 Å². The first kappa shape index (κ1) is 18.6. The van der Waals surface area contributed by atoms with Crippen LogP contribution in [0.15, 0.2) is 30.5 Å². The highest BCUT2D eigenvalue weighted by atomic mass is 16.6. The van der Waals surface area contributed by atoms with Crippen molar-refractivity contribution in [3.05, 3.63) is 47.4 Å². The zero-order valence-corrected chi connectivity index (χ0v) is 15.9. The number of hydrogen-bond acceptors (Lipinski definition) is 7. The Balaban J connectivity index is 1.41. The summed E-state index contributed by atoms with van der Waals surface area (Å²) in [5.41, 5.74) is 1.89. The summed E-state index contributed by atoms with van der Waals surface area (Å²) in [6, 6.07) is 7.08. The van der Waals surface area contributed by atoms with Crippen molar-refractivity contribution in [1.82, 2.24) is 9.97 Å². The minimum atomic E-state index is -0.989. The second-order valence-corrected chi connectivity index (χ2v) is 7.15. The van der Waals surface area contributed by atoms with E-state index in [9.17, 15) is 9.90 Å². The molecule has 2 fully saturated rings. The number of ether oxygens (including phenoxy) is 3. The van der Waals surface area contributed by atoms with E-state index in [4.69, 9.17) is 14.2 Å². The molecule has 2 saturated heterocycles. The fourth-order valence-electron chi connectivity index (χ4n) is 3.48. The van der Waals surface area contributed by atoms with Crippen molar-refractivity contribution in [3.8, 4) is 5.75 Å². The van der Waals surface area contributed by atoms with Crippen molar-refractivity contribution in [2.75, 3.05) is 31.2 Å². The van der Waals surface area contributed by atoms with Crippen LogP contribution < -0.4 is 9.64 Å². The van der Waals surface area contributed by atoms with Crippen molar-refractivity contribution < 1.29 is 24.1 Å². The molecule has 8 nitrogen and oxygen atoms in total. The van der Waals surface area contributed by atoms with Crippen LogP contribution in [0.2, 0.25) is 0 Å². The van der Waals surface area contributed by atoms with Crippen molar-refractivity contribution >= 4 is 11.8 Å². The van der Waals surface area contributed by atoms with Crippen molar-refractivity contribution in [1.29, 1.82) is 0 Å². The molecule has 28 heavy (non-hydrogen) atoms. The quantitative estimate of drug-likeness (QED) is 0.852. The summed E-state index contributed by atoms with van der Waals surface area (Å²) in [6.45, 7) is 5.62. The summed E-state index contributed by atoms with van der Waals surface area (Å²) in [6.07, 6.45) is 1.16. The van der Waals surface area contributed by atoms with E-state index in [1.807, 2.05) is 30.9 Å². The van der Waals surface area contributed by atoms with E-state index in [0.29, 0.717) is 37.9 Å². The number of carbonyl (C=O) groups is 1. The van der Waals surface area contributed by atoms with E-state index in [-0.39, 0.29) is 23.9 Å². The van der Waals surface area contributed by atoms with Crippen LogP contribution in [0.5, 0.6) is 5.75 Å². The van der Waals surface area contributed by atoms with Crippen LogP contribution in [0.1, 0.15) is 21.7 Å². The molecule has 2 aromatic heterocycles. The molecular weight excluding hydrogens is 362 g/mol. The average Bonchev–Trinajstić information content (AvgIpc) is 2.99. The third-order valence-corrected chi connectivity index (χ3v) is 4.94. The van der Waals surface area contributed by atoms with Gasteiger partial charge in [-0.1, -0.05) is 0 Å². The van der Waals surface area contributed by atoms with Crippen LogP contribution in [0.4, 0.5) is 5.82 Å². The molecular formula is C20H23N3O5. The third-order valence-electron chi connectivity index (χ3n) is 4.94. The van der Waals surface area contributed by atoms with Gasteiger partial charge in [-0.05, 0) is 38.1 Å². The van der Waals surface area contributed by atoms with Crippen LogP contribution in [0.3, 0.4) is 0 Å². The van der Waals surface area contributed by atoms with Crippen molar-refractivity contribution in [2.45, 2.75) is 32.2 Å². The number of fused-ring (bicyclic) bond motifs is 1. The van der Waals surface area contributed by atoms with Gasteiger partial charge in [0.2, 0.25) is 0 Å². The number of aromatic carboxylic acids is 1. The molecule has 148 valence electrons. The fraction of sp³-hybridized carbons (Fsp3) is 0.450. The molecule has 2 aromatic rings. The molecule has 2 aliphatic heterocycles. The second-order valence-electron chi connectivity index (χ2n) is 7.15. The van der Waals surface area contributed by atoms with Gasteiger partial charge in [-0.3, -0.25) is 4.98 Å². The number of anilines is 1. The molecule has 0 aromatic carbocycles. The largest absolute Gasteiger partial charge is 0.484 e. The van der Waals surface area contributed by atoms with Gasteiger partial charge in [-0.15, -0.1) is 0 Å². The molecule has 2 aliphatic rings. The molecule has 0 radical (unpaired) electrons. The maximum absolute atomic E-state index is 11.5. The Kier molecular flexibility index (Phi) is 5.15. The van der Waals surface area contributed by atoms with E-state index in [1.165, 1.54) is 0 Å². The van der Waals surface area contributed by atoms with Gasteiger partial charge in [0.05, 0.1) is 19.4 Å². The number of nitrogens with zero attached hydrogens (tertiary/aromatic N) is 3. The summed E-state index contributed by atoms with van der Waals surface area (Å²) in [5, 5.41) is 9.46. The van der Waals surface area contributed by atoms with Crippen molar-refractivity contribution in [3.63, 3.8) is 0 Å². The van der Waals surface area contributed by atoms with Gasteiger partial charge in [0.25, 0.3) is 0 Å². The second kappa shape index (κ2) is 7.73. The third kappa shape index (κ3) is 3.93. The first-order valence-corrected chi connectivity index (χ1v) is 9.28. The lowest BCUT2D eigenvalue weighted by Crippen LogP contribution is -2.30. The fourth-order valence-corrected chi connectivity index (χ4v) is 3.48. The van der Waals surface area contributed by atoms with Crippen LogP contribution in [0, 0.1) is 13.8 Å². The van der Waals surface area contributed by atoms with Crippen LogP contribution in [-0.2, 0) is 9.47 Å². The van der Waals surface area contributed by atoms with Gasteiger partial charge >= 0.3 is 5.97 Å². The van der Waals surface area contributed by atoms with E-state index in [1.54, 1.807) is 18.3 Å². The SMILES string of the molecule is Cc1ccc(OC2CO[C@H]3CN(c4nc(C)ccc4C(=O)O)C[C@@H]3OC2)cn1. The van der Waals surface area contributed by atoms with Gasteiger partial charge < -0.3 is 24.2 Å². The molecule has 1 N–H and O–H groups in total. The van der Waals surface area contributed by atoms with Gasteiger partial charge in [0.15, 0.2) is 0 Å². The Hall–Kier alpha value is -2.71. The minimum Gasteiger partial charge on any atom is -0.484 e. The van der Waals surface area contributed by atoms with Crippen molar-refractivity contribution in [2.24, 2.45) is 0 Å². The number of rotatable bonds is 4. The first-order valence-electron chi connectivity index (χ1n) is 9.28. The van der Waals surface area contributed by atoms with Crippen LogP contribution >= 0.6 is 0 Å². The smallest absolute Gasteiger partial charge is 0.339 e. The maximum atomic E-state index is 11.5. The predicted octanol–water partition coefficient (Wildman–Crippen LogP) is 1.84. The monoisotopic (exact) mass is 385 g/mol. The molecule has 0 unspecified atom stereocenters. The Morgan fingerprint density at radius 3 is 2.39 bits per heavy atom. The van der Waals surface area contributed by atoms with Gasteiger partial charge in [-0.25, -0.2) is 9.78 Å². The van der Waals surface area contributed by atoms with Gasteiger partial charge in [0, 0.05) is 24.5 Å². The lowest BCUT2D eigenvalue weighted by Gasteiger charge is -2.21. The molecule has 0 aliphatic carbocycles. The number of carboxylic acids is 1.